The topological polar surface area (TPSA) is 78.1 Å². The van der Waals surface area contributed by atoms with E-state index in [0.29, 0.717) is 40.0 Å². The molecule has 0 unspecified atom stereocenters. The van der Waals surface area contributed by atoms with Gasteiger partial charge in [0.2, 0.25) is 0 Å². The highest BCUT2D eigenvalue weighted by Gasteiger charge is 2.22. The van der Waals surface area contributed by atoms with Gasteiger partial charge in [-0.05, 0) is 49.8 Å². The van der Waals surface area contributed by atoms with E-state index in [1.807, 2.05) is 6.92 Å². The van der Waals surface area contributed by atoms with Gasteiger partial charge in [0.05, 0.1) is 28.5 Å². The number of furan rings is 1. The number of hydrogen-bond donors (Lipinski definition) is 0. The third-order valence-electron chi connectivity index (χ3n) is 3.70. The molecule has 0 saturated heterocycles. The van der Waals surface area contributed by atoms with Gasteiger partial charge in [0.15, 0.2) is 0 Å². The van der Waals surface area contributed by atoms with Gasteiger partial charge in [-0.3, -0.25) is 0 Å². The largest absolute Gasteiger partial charge is 0.462 e. The van der Waals surface area contributed by atoms with E-state index >= 15 is 0 Å². The number of nitrogens with zero attached hydrogens (tertiary/aromatic N) is 1. The third-order valence-corrected chi connectivity index (χ3v) is 4.03. The predicted molar refractivity (Wildman–Crippen MR) is 96.9 cm³/mol. The third kappa shape index (κ3) is 3.70. The summed E-state index contributed by atoms with van der Waals surface area (Å²) in [4.78, 5) is 28.3. The fourth-order valence-electron chi connectivity index (χ4n) is 2.35. The maximum absolute atomic E-state index is 12.1. The summed E-state index contributed by atoms with van der Waals surface area (Å²) in [5, 5.41) is 3.93. The summed E-state index contributed by atoms with van der Waals surface area (Å²) >= 11 is 6.10. The molecular formula is C19H16ClNO5. The predicted octanol–water partition coefficient (Wildman–Crippen LogP) is 4.48. The van der Waals surface area contributed by atoms with Crippen LogP contribution in [0.1, 0.15) is 36.4 Å². The molecule has 134 valence electrons. The zero-order valence-electron chi connectivity index (χ0n) is 14.2. The number of ether oxygens (including phenoxy) is 1. The average Bonchev–Trinajstić information content (AvgIpc) is 3.22. The molecule has 0 radical (unpaired) electrons. The summed E-state index contributed by atoms with van der Waals surface area (Å²) in [6.07, 6.45) is 2.29. The lowest BCUT2D eigenvalue weighted by Crippen LogP contribution is -2.06. The Bertz CT molecular complexity index is 926. The molecule has 7 heteroatoms. The molecule has 1 aromatic heterocycles. The molecule has 1 aromatic carbocycles. The fourth-order valence-corrected chi connectivity index (χ4v) is 2.55. The molecule has 0 aliphatic carbocycles. The highest BCUT2D eigenvalue weighted by Crippen LogP contribution is 2.28. The van der Waals surface area contributed by atoms with Gasteiger partial charge in [-0.2, -0.15) is 0 Å². The van der Waals surface area contributed by atoms with E-state index in [2.05, 4.69) is 9.99 Å². The lowest BCUT2D eigenvalue weighted by atomic mass is 10.1. The van der Waals surface area contributed by atoms with E-state index in [9.17, 15) is 9.59 Å². The van der Waals surface area contributed by atoms with E-state index < -0.39 is 11.9 Å². The first-order chi connectivity index (χ1) is 12.5. The number of carbonyl (C=O) groups is 2. The van der Waals surface area contributed by atoms with Crippen molar-refractivity contribution in [1.29, 1.82) is 0 Å². The number of rotatable bonds is 5. The van der Waals surface area contributed by atoms with Crippen LogP contribution in [0.4, 0.5) is 0 Å². The standard InChI is InChI=1S/C19H16ClNO5/c1-3-8-24-18(22)15-9-12(4-6-16(15)20)17-7-5-13(25-17)10-14-11(2)21-26-19(14)23/h4-7,9-10H,3,8H2,1-2H3/b14-10+. The minimum absolute atomic E-state index is 0.274. The molecule has 0 amide bonds. The number of esters is 1. The number of benzene rings is 1. The highest BCUT2D eigenvalue weighted by molar-refractivity contribution is 6.33. The van der Waals surface area contributed by atoms with E-state index in [1.54, 1.807) is 43.3 Å². The Morgan fingerprint density at radius 2 is 2.12 bits per heavy atom. The van der Waals surface area contributed by atoms with Crippen LogP contribution in [0.25, 0.3) is 17.4 Å². The summed E-state index contributed by atoms with van der Waals surface area (Å²) in [5.74, 6) is -0.00601. The minimum atomic E-state index is -0.520. The van der Waals surface area contributed by atoms with Crippen LogP contribution in [0.5, 0.6) is 0 Å². The molecule has 2 heterocycles. The number of hydrogen-bond acceptors (Lipinski definition) is 6. The minimum Gasteiger partial charge on any atom is -0.462 e. The van der Waals surface area contributed by atoms with Gasteiger partial charge in [0, 0.05) is 5.56 Å². The molecule has 0 bridgehead atoms. The molecule has 2 aromatic rings. The van der Waals surface area contributed by atoms with Crippen LogP contribution in [-0.2, 0) is 14.4 Å². The summed E-state index contributed by atoms with van der Waals surface area (Å²) in [6.45, 7) is 3.92. The molecule has 1 aliphatic rings. The smallest absolute Gasteiger partial charge is 0.367 e. The van der Waals surface area contributed by atoms with Crippen LogP contribution in [-0.4, -0.2) is 24.3 Å². The molecular weight excluding hydrogens is 358 g/mol. The van der Waals surface area contributed by atoms with Crippen molar-refractivity contribution in [3.05, 3.63) is 52.3 Å². The van der Waals surface area contributed by atoms with Crippen LogP contribution >= 0.6 is 11.6 Å². The Kier molecular flexibility index (Phi) is 5.23. The van der Waals surface area contributed by atoms with Gasteiger partial charge in [0.1, 0.15) is 11.5 Å². The van der Waals surface area contributed by atoms with Crippen molar-refractivity contribution in [3.8, 4) is 11.3 Å². The van der Waals surface area contributed by atoms with Crippen molar-refractivity contribution in [1.82, 2.24) is 0 Å². The molecule has 0 fully saturated rings. The summed E-state index contributed by atoms with van der Waals surface area (Å²) in [5.41, 5.74) is 1.77. The monoisotopic (exact) mass is 373 g/mol. The van der Waals surface area contributed by atoms with Crippen molar-refractivity contribution in [2.24, 2.45) is 5.16 Å². The molecule has 0 spiro atoms. The first kappa shape index (κ1) is 17.9. The zero-order valence-corrected chi connectivity index (χ0v) is 15.0. The average molecular weight is 374 g/mol. The zero-order chi connectivity index (χ0) is 18.7. The fraction of sp³-hybridized carbons (Fsp3) is 0.211. The van der Waals surface area contributed by atoms with Crippen molar-refractivity contribution >= 4 is 35.3 Å². The maximum atomic E-state index is 12.1. The lowest BCUT2D eigenvalue weighted by molar-refractivity contribution is -0.136. The second-order valence-corrected chi connectivity index (χ2v) is 6.05. The number of oxime groups is 1. The van der Waals surface area contributed by atoms with Gasteiger partial charge in [-0.15, -0.1) is 0 Å². The molecule has 3 rings (SSSR count). The van der Waals surface area contributed by atoms with Crippen molar-refractivity contribution in [3.63, 3.8) is 0 Å². The van der Waals surface area contributed by atoms with E-state index in [1.165, 1.54) is 0 Å². The van der Waals surface area contributed by atoms with Crippen LogP contribution in [0.15, 0.2) is 45.5 Å². The summed E-state index contributed by atoms with van der Waals surface area (Å²) < 4.78 is 10.9. The molecule has 26 heavy (non-hydrogen) atoms. The van der Waals surface area contributed by atoms with Gasteiger partial charge < -0.3 is 14.0 Å². The first-order valence-electron chi connectivity index (χ1n) is 8.04. The van der Waals surface area contributed by atoms with E-state index in [-0.39, 0.29) is 5.56 Å². The van der Waals surface area contributed by atoms with Gasteiger partial charge in [0.25, 0.3) is 0 Å². The Balaban J connectivity index is 1.88. The van der Waals surface area contributed by atoms with Gasteiger partial charge in [-0.25, -0.2) is 9.59 Å². The quantitative estimate of drug-likeness (QED) is 0.438. The van der Waals surface area contributed by atoms with E-state index in [4.69, 9.17) is 20.8 Å². The van der Waals surface area contributed by atoms with Crippen LogP contribution < -0.4 is 0 Å². The van der Waals surface area contributed by atoms with Crippen molar-refractivity contribution in [2.45, 2.75) is 20.3 Å². The van der Waals surface area contributed by atoms with Gasteiger partial charge >= 0.3 is 11.9 Å². The lowest BCUT2D eigenvalue weighted by Gasteiger charge is -2.06. The van der Waals surface area contributed by atoms with Crippen molar-refractivity contribution in [2.75, 3.05) is 6.61 Å². The normalized spacial score (nSPS) is 15.1. The molecule has 1 aliphatic heterocycles. The van der Waals surface area contributed by atoms with Gasteiger partial charge in [-0.1, -0.05) is 23.7 Å². The number of halogens is 1. The summed E-state index contributed by atoms with van der Waals surface area (Å²) in [7, 11) is 0. The highest BCUT2D eigenvalue weighted by atomic mass is 35.5. The molecule has 0 saturated carbocycles. The second kappa shape index (κ2) is 7.58. The first-order valence-corrected chi connectivity index (χ1v) is 8.42. The number of carbonyl (C=O) groups excluding carboxylic acids is 2. The molecule has 6 nitrogen and oxygen atoms in total. The Morgan fingerprint density at radius 3 is 2.81 bits per heavy atom. The summed E-state index contributed by atoms with van der Waals surface area (Å²) in [6, 6.07) is 8.43. The second-order valence-electron chi connectivity index (χ2n) is 5.65. The van der Waals surface area contributed by atoms with Crippen LogP contribution in [0, 0.1) is 0 Å². The SMILES string of the molecule is CCCOC(=O)c1cc(-c2ccc(/C=C3/C(=O)ON=C3C)o2)ccc1Cl. The van der Waals surface area contributed by atoms with Crippen LogP contribution in [0.3, 0.4) is 0 Å². The molecule has 0 atom stereocenters. The Hall–Kier alpha value is -2.86. The maximum Gasteiger partial charge on any atom is 0.367 e. The van der Waals surface area contributed by atoms with Crippen molar-refractivity contribution < 1.29 is 23.6 Å². The Morgan fingerprint density at radius 1 is 1.31 bits per heavy atom. The van der Waals surface area contributed by atoms with Crippen LogP contribution in [0.2, 0.25) is 5.02 Å². The Labute approximate surface area is 155 Å². The van der Waals surface area contributed by atoms with E-state index in [0.717, 1.165) is 6.42 Å². The molecule has 0 N–H and O–H groups in total.